The number of aryl methyl sites for hydroxylation is 2. The second-order valence-electron chi connectivity index (χ2n) is 7.73. The number of carbonyl (C=O) groups excluding carboxylic acids is 1. The normalized spacial score (nSPS) is 23.2. The van der Waals surface area contributed by atoms with E-state index < -0.39 is 5.60 Å². The van der Waals surface area contributed by atoms with E-state index in [2.05, 4.69) is 31.1 Å². The molecule has 1 aliphatic rings. The van der Waals surface area contributed by atoms with Crippen LogP contribution < -0.4 is 5.32 Å². The summed E-state index contributed by atoms with van der Waals surface area (Å²) < 4.78 is 5.56. The molecule has 2 rings (SSSR count). The predicted octanol–water partition coefficient (Wildman–Crippen LogP) is 4.20. The minimum atomic E-state index is -0.459. The Hall–Kier alpha value is -1.14. The predicted molar refractivity (Wildman–Crippen MR) is 98.6 cm³/mol. The molecular weight excluding hydrogens is 322 g/mol. The number of hydrogen-bond acceptors (Lipinski definition) is 5. The van der Waals surface area contributed by atoms with Crippen LogP contribution in [0, 0.1) is 13.8 Å². The molecule has 0 radical (unpaired) electrons. The van der Waals surface area contributed by atoms with Gasteiger partial charge in [0, 0.05) is 29.5 Å². The monoisotopic (exact) mass is 353 g/mol. The van der Waals surface area contributed by atoms with Gasteiger partial charge in [-0.25, -0.2) is 9.78 Å². The van der Waals surface area contributed by atoms with Crippen LogP contribution in [0.25, 0.3) is 0 Å². The van der Waals surface area contributed by atoms with Gasteiger partial charge in [0.05, 0.1) is 10.7 Å². The third kappa shape index (κ3) is 4.70. The molecule has 0 bridgehead atoms. The molecule has 1 amide bonds. The van der Waals surface area contributed by atoms with Gasteiger partial charge in [-0.2, -0.15) is 0 Å². The van der Waals surface area contributed by atoms with Crippen molar-refractivity contribution in [2.45, 2.75) is 85.0 Å². The van der Waals surface area contributed by atoms with Crippen LogP contribution in [0.4, 0.5) is 4.79 Å². The minimum absolute atomic E-state index is 0.107. The summed E-state index contributed by atoms with van der Waals surface area (Å²) in [5.41, 5.74) is 0.666. The smallest absolute Gasteiger partial charge is 0.410 e. The lowest BCUT2D eigenvalue weighted by molar-refractivity contribution is 0.00640. The van der Waals surface area contributed by atoms with Gasteiger partial charge >= 0.3 is 6.09 Å². The second-order valence-corrected chi connectivity index (χ2v) is 9.13. The highest BCUT2D eigenvalue weighted by molar-refractivity contribution is 7.11. The van der Waals surface area contributed by atoms with Gasteiger partial charge in [-0.3, -0.25) is 0 Å². The summed E-state index contributed by atoms with van der Waals surface area (Å²) in [5.74, 6) is 0. The van der Waals surface area contributed by atoms with E-state index in [0.717, 1.165) is 30.1 Å². The van der Waals surface area contributed by atoms with Crippen molar-refractivity contribution in [3.8, 4) is 0 Å². The fourth-order valence-electron chi connectivity index (χ4n) is 3.29. The van der Waals surface area contributed by atoms with Crippen molar-refractivity contribution >= 4 is 17.4 Å². The summed E-state index contributed by atoms with van der Waals surface area (Å²) in [5, 5.41) is 4.78. The standard InChI is InChI=1S/C18H31N3O2S/c1-11(16-13(3)24-14(4)20-16)19-15-9-8-10-21(12(15)2)17(22)23-18(5,6)7/h11-12,15,19H,8-10H2,1-7H3. The van der Waals surface area contributed by atoms with E-state index in [1.54, 1.807) is 11.3 Å². The van der Waals surface area contributed by atoms with E-state index in [-0.39, 0.29) is 24.2 Å². The highest BCUT2D eigenvalue weighted by Gasteiger charge is 2.34. The summed E-state index contributed by atoms with van der Waals surface area (Å²) in [6.07, 6.45) is 1.84. The number of carbonyl (C=O) groups is 1. The lowest BCUT2D eigenvalue weighted by Gasteiger charge is -2.41. The van der Waals surface area contributed by atoms with Crippen LogP contribution in [0.1, 0.15) is 69.1 Å². The van der Waals surface area contributed by atoms with Crippen LogP contribution >= 0.6 is 11.3 Å². The molecule has 1 N–H and O–H groups in total. The number of hydrogen-bond donors (Lipinski definition) is 1. The van der Waals surface area contributed by atoms with Crippen molar-refractivity contribution in [2.75, 3.05) is 6.54 Å². The van der Waals surface area contributed by atoms with E-state index in [0.29, 0.717) is 0 Å². The molecule has 1 fully saturated rings. The highest BCUT2D eigenvalue weighted by Crippen LogP contribution is 2.26. The number of piperidine rings is 1. The van der Waals surface area contributed by atoms with E-state index >= 15 is 0 Å². The molecule has 1 saturated heterocycles. The molecule has 1 aliphatic heterocycles. The fraction of sp³-hybridized carbons (Fsp3) is 0.778. The quantitative estimate of drug-likeness (QED) is 0.885. The summed E-state index contributed by atoms with van der Waals surface area (Å²) in [7, 11) is 0. The summed E-state index contributed by atoms with van der Waals surface area (Å²) in [4.78, 5) is 20.2. The maximum Gasteiger partial charge on any atom is 0.410 e. The van der Waals surface area contributed by atoms with Gasteiger partial charge in [0.25, 0.3) is 0 Å². The number of ether oxygens (including phenoxy) is 1. The van der Waals surface area contributed by atoms with Crippen LogP contribution in [0.5, 0.6) is 0 Å². The van der Waals surface area contributed by atoms with Crippen LogP contribution in [-0.2, 0) is 4.74 Å². The number of aromatic nitrogens is 1. The summed E-state index contributed by atoms with van der Waals surface area (Å²) >= 11 is 1.74. The third-order valence-electron chi connectivity index (χ3n) is 4.43. The van der Waals surface area contributed by atoms with Gasteiger partial charge in [0.15, 0.2) is 0 Å². The zero-order valence-electron chi connectivity index (χ0n) is 16.0. The molecule has 0 aliphatic carbocycles. The number of amides is 1. The number of thiazole rings is 1. The molecule has 5 nitrogen and oxygen atoms in total. The fourth-order valence-corrected chi connectivity index (χ4v) is 4.21. The van der Waals surface area contributed by atoms with E-state index in [1.165, 1.54) is 4.88 Å². The van der Waals surface area contributed by atoms with Crippen LogP contribution in [0.3, 0.4) is 0 Å². The number of nitrogens with one attached hydrogen (secondary N) is 1. The van der Waals surface area contributed by atoms with Crippen LogP contribution in [0.15, 0.2) is 0 Å². The topological polar surface area (TPSA) is 54.5 Å². The molecule has 2 heterocycles. The van der Waals surface area contributed by atoms with E-state index in [4.69, 9.17) is 4.74 Å². The first-order valence-electron chi connectivity index (χ1n) is 8.78. The van der Waals surface area contributed by atoms with Crippen LogP contribution in [-0.4, -0.2) is 40.2 Å². The van der Waals surface area contributed by atoms with Gasteiger partial charge in [-0.05, 0) is 61.3 Å². The number of nitrogens with zero attached hydrogens (tertiary/aromatic N) is 2. The van der Waals surface area contributed by atoms with Crippen molar-refractivity contribution < 1.29 is 9.53 Å². The highest BCUT2D eigenvalue weighted by atomic mass is 32.1. The first kappa shape index (κ1) is 19.2. The van der Waals surface area contributed by atoms with Gasteiger partial charge in [0.1, 0.15) is 5.60 Å². The Balaban J connectivity index is 2.03. The largest absolute Gasteiger partial charge is 0.444 e. The van der Waals surface area contributed by atoms with Crippen LogP contribution in [0.2, 0.25) is 0 Å². The average molecular weight is 354 g/mol. The molecule has 1 aromatic rings. The van der Waals surface area contributed by atoms with Crippen molar-refractivity contribution in [1.82, 2.24) is 15.2 Å². The minimum Gasteiger partial charge on any atom is -0.444 e. The molecule has 6 heteroatoms. The Morgan fingerprint density at radius 1 is 1.42 bits per heavy atom. The first-order valence-corrected chi connectivity index (χ1v) is 9.59. The molecule has 0 aromatic carbocycles. The van der Waals surface area contributed by atoms with Gasteiger partial charge in [0.2, 0.25) is 0 Å². The SMILES string of the molecule is Cc1nc(C(C)NC2CCCN(C(=O)OC(C)(C)C)C2C)c(C)s1. The second kappa shape index (κ2) is 7.40. The van der Waals surface area contributed by atoms with E-state index in [9.17, 15) is 4.79 Å². The van der Waals surface area contributed by atoms with Gasteiger partial charge in [-0.15, -0.1) is 11.3 Å². The summed E-state index contributed by atoms with van der Waals surface area (Å²) in [6.45, 7) is 14.9. The molecule has 24 heavy (non-hydrogen) atoms. The van der Waals surface area contributed by atoms with Gasteiger partial charge in [-0.1, -0.05) is 0 Å². The Morgan fingerprint density at radius 2 is 2.08 bits per heavy atom. The number of rotatable bonds is 3. The lowest BCUT2D eigenvalue weighted by atomic mass is 9.96. The van der Waals surface area contributed by atoms with Crippen molar-refractivity contribution in [1.29, 1.82) is 0 Å². The van der Waals surface area contributed by atoms with Crippen molar-refractivity contribution in [3.63, 3.8) is 0 Å². The van der Waals surface area contributed by atoms with E-state index in [1.807, 2.05) is 32.6 Å². The molecule has 3 atom stereocenters. The average Bonchev–Trinajstić information content (AvgIpc) is 2.78. The zero-order valence-corrected chi connectivity index (χ0v) is 16.8. The number of likely N-dealkylation sites (tertiary alicyclic amines) is 1. The zero-order chi connectivity index (χ0) is 18.1. The Kier molecular flexibility index (Phi) is 5.91. The molecule has 0 saturated carbocycles. The Morgan fingerprint density at radius 3 is 2.62 bits per heavy atom. The maximum absolute atomic E-state index is 12.4. The molecule has 136 valence electrons. The molecule has 1 aromatic heterocycles. The Bertz CT molecular complexity index is 579. The van der Waals surface area contributed by atoms with Crippen molar-refractivity contribution in [2.24, 2.45) is 0 Å². The molecular formula is C18H31N3O2S. The lowest BCUT2D eigenvalue weighted by Crippen LogP contribution is -2.55. The molecule has 3 unspecified atom stereocenters. The maximum atomic E-state index is 12.4. The summed E-state index contributed by atoms with van der Waals surface area (Å²) in [6, 6.07) is 0.541. The third-order valence-corrected chi connectivity index (χ3v) is 5.33. The van der Waals surface area contributed by atoms with Gasteiger partial charge < -0.3 is 15.0 Å². The van der Waals surface area contributed by atoms with Crippen molar-refractivity contribution in [3.05, 3.63) is 15.6 Å². The molecule has 0 spiro atoms. The first-order chi connectivity index (χ1) is 11.1. The Labute approximate surface area is 149 Å².